The zero-order chi connectivity index (χ0) is 11.4. The van der Waals surface area contributed by atoms with Crippen LogP contribution in [0.4, 0.5) is 5.69 Å². The summed E-state index contributed by atoms with van der Waals surface area (Å²) in [6.07, 6.45) is 0. The predicted molar refractivity (Wildman–Crippen MR) is 47.9 cm³/mol. The maximum Gasteiger partial charge on any atom is 0.352 e. The first kappa shape index (κ1) is 10.8. The second kappa shape index (κ2) is 4.27. The normalized spacial score (nSPS) is 9.60. The average Bonchev–Trinajstić information content (AvgIpc) is 2.13. The van der Waals surface area contributed by atoms with E-state index in [9.17, 15) is 14.9 Å². The Kier molecular flexibility index (Phi) is 3.06. The van der Waals surface area contributed by atoms with Gasteiger partial charge in [-0.15, -0.1) is 0 Å². The number of carboxylic acid groups (broad SMARTS) is 1. The summed E-state index contributed by atoms with van der Waals surface area (Å²) >= 11 is 0. The lowest BCUT2D eigenvalue weighted by atomic mass is 10.3. The second-order valence-corrected chi connectivity index (χ2v) is 2.56. The molecule has 1 aromatic rings. The lowest BCUT2D eigenvalue weighted by molar-refractivity contribution is -0.386. The molecule has 0 unspecified atom stereocenters. The van der Waals surface area contributed by atoms with E-state index in [0.717, 1.165) is 6.07 Å². The van der Waals surface area contributed by atoms with Crippen LogP contribution in [0, 0.1) is 10.1 Å². The first-order valence-electron chi connectivity index (χ1n) is 3.83. The standard InChI is InChI=1S/C8H7NO6/c10-5-2-1-3-6(8(5)9(13)14)15-4-7(11)12/h1-3,10H,4H2,(H,11,12). The summed E-state index contributed by atoms with van der Waals surface area (Å²) in [5, 5.41) is 28.0. The van der Waals surface area contributed by atoms with E-state index < -0.39 is 28.9 Å². The zero-order valence-corrected chi connectivity index (χ0v) is 7.41. The number of ether oxygens (including phenoxy) is 1. The van der Waals surface area contributed by atoms with Crippen LogP contribution >= 0.6 is 0 Å². The molecule has 0 aromatic heterocycles. The Hall–Kier alpha value is -2.31. The van der Waals surface area contributed by atoms with E-state index in [-0.39, 0.29) is 5.75 Å². The molecule has 0 saturated carbocycles. The fourth-order valence-electron chi connectivity index (χ4n) is 0.950. The molecule has 0 aliphatic carbocycles. The van der Waals surface area contributed by atoms with Gasteiger partial charge in [-0.3, -0.25) is 10.1 Å². The van der Waals surface area contributed by atoms with Crippen molar-refractivity contribution in [2.75, 3.05) is 6.61 Å². The van der Waals surface area contributed by atoms with Gasteiger partial charge in [0.2, 0.25) is 5.75 Å². The Morgan fingerprint density at radius 3 is 2.73 bits per heavy atom. The monoisotopic (exact) mass is 213 g/mol. The number of rotatable bonds is 4. The highest BCUT2D eigenvalue weighted by molar-refractivity contribution is 5.69. The lowest BCUT2D eigenvalue weighted by Gasteiger charge is -2.04. The topological polar surface area (TPSA) is 110 Å². The van der Waals surface area contributed by atoms with Gasteiger partial charge in [-0.1, -0.05) is 6.07 Å². The minimum Gasteiger partial charge on any atom is -0.502 e. The minimum atomic E-state index is -1.26. The van der Waals surface area contributed by atoms with Crippen LogP contribution in [0.2, 0.25) is 0 Å². The summed E-state index contributed by atoms with van der Waals surface area (Å²) in [5.74, 6) is -2.10. The number of hydrogen-bond acceptors (Lipinski definition) is 5. The third kappa shape index (κ3) is 2.56. The predicted octanol–water partition coefficient (Wildman–Crippen LogP) is 0.764. The number of phenols is 1. The van der Waals surface area contributed by atoms with Crippen molar-refractivity contribution in [3.63, 3.8) is 0 Å². The number of aromatic hydroxyl groups is 1. The first-order chi connectivity index (χ1) is 7.02. The number of nitro benzene ring substituents is 1. The maximum atomic E-state index is 10.5. The number of carbonyl (C=O) groups is 1. The molecule has 2 N–H and O–H groups in total. The Morgan fingerprint density at radius 2 is 2.20 bits per heavy atom. The average molecular weight is 213 g/mol. The summed E-state index contributed by atoms with van der Waals surface area (Å²) in [5.41, 5.74) is -0.640. The van der Waals surface area contributed by atoms with E-state index in [1.807, 2.05) is 0 Å². The Labute approximate surface area is 83.7 Å². The van der Waals surface area contributed by atoms with E-state index in [4.69, 9.17) is 10.2 Å². The highest BCUT2D eigenvalue weighted by Gasteiger charge is 2.20. The number of hydrogen-bond donors (Lipinski definition) is 2. The van der Waals surface area contributed by atoms with Crippen LogP contribution in [0.1, 0.15) is 0 Å². The molecule has 0 heterocycles. The van der Waals surface area contributed by atoms with E-state index in [0.29, 0.717) is 0 Å². The van der Waals surface area contributed by atoms with Crippen LogP contribution in [-0.4, -0.2) is 27.7 Å². The number of benzene rings is 1. The molecule has 1 rings (SSSR count). The number of nitrogens with zero attached hydrogens (tertiary/aromatic N) is 1. The number of aliphatic carboxylic acids is 1. The van der Waals surface area contributed by atoms with E-state index >= 15 is 0 Å². The van der Waals surface area contributed by atoms with Gasteiger partial charge in [-0.2, -0.15) is 0 Å². The minimum absolute atomic E-state index is 0.276. The Balaban J connectivity index is 3.01. The molecule has 7 heteroatoms. The van der Waals surface area contributed by atoms with Gasteiger partial charge in [-0.05, 0) is 12.1 Å². The molecule has 0 saturated heterocycles. The summed E-state index contributed by atoms with van der Waals surface area (Å²) in [7, 11) is 0. The van der Waals surface area contributed by atoms with Crippen molar-refractivity contribution in [1.82, 2.24) is 0 Å². The Morgan fingerprint density at radius 1 is 1.53 bits per heavy atom. The van der Waals surface area contributed by atoms with Gasteiger partial charge in [0, 0.05) is 0 Å². The largest absolute Gasteiger partial charge is 0.502 e. The van der Waals surface area contributed by atoms with Crippen molar-refractivity contribution in [1.29, 1.82) is 0 Å². The van der Waals surface area contributed by atoms with Gasteiger partial charge >= 0.3 is 11.7 Å². The number of nitro groups is 1. The van der Waals surface area contributed by atoms with Crippen LogP contribution in [0.15, 0.2) is 18.2 Å². The van der Waals surface area contributed by atoms with Gasteiger partial charge in [0.1, 0.15) is 0 Å². The highest BCUT2D eigenvalue weighted by atomic mass is 16.6. The van der Waals surface area contributed by atoms with Crippen molar-refractivity contribution < 1.29 is 24.7 Å². The maximum absolute atomic E-state index is 10.5. The summed E-state index contributed by atoms with van der Waals surface area (Å²) in [6.45, 7) is -0.704. The highest BCUT2D eigenvalue weighted by Crippen LogP contribution is 2.35. The van der Waals surface area contributed by atoms with Gasteiger partial charge in [-0.25, -0.2) is 4.79 Å². The third-order valence-electron chi connectivity index (χ3n) is 1.51. The van der Waals surface area contributed by atoms with Crippen molar-refractivity contribution in [3.05, 3.63) is 28.3 Å². The van der Waals surface area contributed by atoms with Crippen molar-refractivity contribution in [2.45, 2.75) is 0 Å². The fourth-order valence-corrected chi connectivity index (χ4v) is 0.950. The molecule has 0 bridgehead atoms. The molecule has 0 radical (unpaired) electrons. The molecular weight excluding hydrogens is 206 g/mol. The van der Waals surface area contributed by atoms with E-state index in [2.05, 4.69) is 4.74 Å². The van der Waals surface area contributed by atoms with Crippen LogP contribution in [-0.2, 0) is 4.79 Å². The van der Waals surface area contributed by atoms with Gasteiger partial charge in [0.25, 0.3) is 0 Å². The number of carboxylic acids is 1. The number of para-hydroxylation sites is 1. The van der Waals surface area contributed by atoms with Crippen LogP contribution in [0.5, 0.6) is 11.5 Å². The van der Waals surface area contributed by atoms with Crippen LogP contribution in [0.25, 0.3) is 0 Å². The molecule has 0 amide bonds. The number of phenolic OH excluding ortho intramolecular Hbond substituents is 1. The Bertz CT molecular complexity index is 402. The second-order valence-electron chi connectivity index (χ2n) is 2.56. The molecule has 0 atom stereocenters. The SMILES string of the molecule is O=C(O)COc1cccc(O)c1[N+](=O)[O-]. The first-order valence-corrected chi connectivity index (χ1v) is 3.83. The summed E-state index contributed by atoms with van der Waals surface area (Å²) in [6, 6.07) is 3.64. The fraction of sp³-hybridized carbons (Fsp3) is 0.125. The van der Waals surface area contributed by atoms with Crippen molar-refractivity contribution in [2.24, 2.45) is 0 Å². The summed E-state index contributed by atoms with van der Waals surface area (Å²) in [4.78, 5) is 19.8. The summed E-state index contributed by atoms with van der Waals surface area (Å²) < 4.78 is 4.64. The van der Waals surface area contributed by atoms with Gasteiger partial charge in [0.05, 0.1) is 4.92 Å². The smallest absolute Gasteiger partial charge is 0.352 e. The van der Waals surface area contributed by atoms with Crippen LogP contribution < -0.4 is 4.74 Å². The lowest BCUT2D eigenvalue weighted by Crippen LogP contribution is -2.10. The molecule has 0 aliphatic heterocycles. The van der Waals surface area contributed by atoms with Gasteiger partial charge < -0.3 is 14.9 Å². The quantitative estimate of drug-likeness (QED) is 0.564. The molecule has 0 spiro atoms. The molecular formula is C8H7NO6. The molecule has 7 nitrogen and oxygen atoms in total. The third-order valence-corrected chi connectivity index (χ3v) is 1.51. The molecule has 15 heavy (non-hydrogen) atoms. The van der Waals surface area contributed by atoms with E-state index in [1.165, 1.54) is 12.1 Å². The molecule has 1 aromatic carbocycles. The van der Waals surface area contributed by atoms with Crippen LogP contribution in [0.3, 0.4) is 0 Å². The zero-order valence-electron chi connectivity index (χ0n) is 7.41. The van der Waals surface area contributed by atoms with Crippen molar-refractivity contribution in [3.8, 4) is 11.5 Å². The molecule has 80 valence electrons. The van der Waals surface area contributed by atoms with E-state index in [1.54, 1.807) is 0 Å². The van der Waals surface area contributed by atoms with Gasteiger partial charge in [0.15, 0.2) is 12.4 Å². The molecule has 0 fully saturated rings. The molecule has 0 aliphatic rings. The van der Waals surface area contributed by atoms with Crippen molar-refractivity contribution >= 4 is 11.7 Å².